The van der Waals surface area contributed by atoms with Crippen molar-refractivity contribution in [3.05, 3.63) is 0 Å². The molecule has 1 saturated heterocycles. The first-order valence-electron chi connectivity index (χ1n) is 4.42. The van der Waals surface area contributed by atoms with E-state index >= 15 is 0 Å². The molecule has 13 heavy (non-hydrogen) atoms. The maximum atomic E-state index is 10.6. The quantitative estimate of drug-likeness (QED) is 0.509. The van der Waals surface area contributed by atoms with Gasteiger partial charge < -0.3 is 10.1 Å². The van der Waals surface area contributed by atoms with Crippen molar-refractivity contribution in [3.8, 4) is 11.5 Å². The summed E-state index contributed by atoms with van der Waals surface area (Å²) in [5, 5.41) is 2.60. The third kappa shape index (κ3) is 3.99. The SMILES string of the molecule is C[Si](C)(C)C#CC[C@@H]1CNC(=O)O1. The minimum absolute atomic E-state index is 0.0450. The summed E-state index contributed by atoms with van der Waals surface area (Å²) in [4.78, 5) is 10.6. The molecule has 72 valence electrons. The van der Waals surface area contributed by atoms with Gasteiger partial charge in [-0.1, -0.05) is 19.6 Å². The number of carbonyl (C=O) groups excluding carboxylic acids is 1. The Kier molecular flexibility index (Phi) is 2.99. The molecule has 3 nitrogen and oxygen atoms in total. The summed E-state index contributed by atoms with van der Waals surface area (Å²) >= 11 is 0. The summed E-state index contributed by atoms with van der Waals surface area (Å²) in [6.45, 7) is 7.18. The van der Waals surface area contributed by atoms with Crippen LogP contribution in [0, 0.1) is 11.5 Å². The molecule has 1 N–H and O–H groups in total. The van der Waals surface area contributed by atoms with Gasteiger partial charge in [-0.15, -0.1) is 11.5 Å². The number of alkyl carbamates (subject to hydrolysis) is 1. The second kappa shape index (κ2) is 3.84. The van der Waals surface area contributed by atoms with Crippen LogP contribution in [-0.4, -0.2) is 26.8 Å². The molecule has 0 aromatic carbocycles. The lowest BCUT2D eigenvalue weighted by atomic mass is 10.3. The predicted octanol–water partition coefficient (Wildman–Crippen LogP) is 1.37. The Morgan fingerprint density at radius 3 is 2.77 bits per heavy atom. The van der Waals surface area contributed by atoms with Crippen molar-refractivity contribution < 1.29 is 9.53 Å². The van der Waals surface area contributed by atoms with Crippen LogP contribution < -0.4 is 5.32 Å². The number of rotatable bonds is 1. The minimum atomic E-state index is -1.27. The fraction of sp³-hybridized carbons (Fsp3) is 0.667. The molecule has 1 fully saturated rings. The number of amides is 1. The summed E-state index contributed by atoms with van der Waals surface area (Å²) in [6.07, 6.45) is 0.291. The molecule has 0 spiro atoms. The average molecular weight is 197 g/mol. The molecule has 0 aromatic heterocycles. The van der Waals surface area contributed by atoms with Crippen LogP contribution in [0.15, 0.2) is 0 Å². The lowest BCUT2D eigenvalue weighted by Crippen LogP contribution is -2.17. The van der Waals surface area contributed by atoms with Gasteiger partial charge >= 0.3 is 6.09 Å². The number of cyclic esters (lactones) is 1. The fourth-order valence-corrected chi connectivity index (χ4v) is 1.61. The van der Waals surface area contributed by atoms with Crippen LogP contribution >= 0.6 is 0 Å². The van der Waals surface area contributed by atoms with Gasteiger partial charge in [-0.05, 0) is 0 Å². The third-order valence-electron chi connectivity index (χ3n) is 1.54. The standard InChI is InChI=1S/C9H15NO2Si/c1-13(2,3)6-4-5-8-7-10-9(11)12-8/h8H,5,7H2,1-3H3,(H,10,11)/t8-/m1/s1. The van der Waals surface area contributed by atoms with E-state index in [1.54, 1.807) is 0 Å². The minimum Gasteiger partial charge on any atom is -0.443 e. The molecular weight excluding hydrogens is 182 g/mol. The number of nitrogens with one attached hydrogen (secondary N) is 1. The molecule has 1 aliphatic heterocycles. The van der Waals surface area contributed by atoms with Gasteiger partial charge in [-0.3, -0.25) is 0 Å². The first kappa shape index (κ1) is 10.1. The van der Waals surface area contributed by atoms with Crippen LogP contribution in [-0.2, 0) is 4.74 Å². The van der Waals surface area contributed by atoms with Gasteiger partial charge in [0.25, 0.3) is 0 Å². The van der Waals surface area contributed by atoms with Crippen LogP contribution in [0.1, 0.15) is 6.42 Å². The number of carbonyl (C=O) groups is 1. The average Bonchev–Trinajstić information content (AvgIpc) is 2.33. The van der Waals surface area contributed by atoms with Crippen LogP contribution in [0.25, 0.3) is 0 Å². The van der Waals surface area contributed by atoms with Gasteiger partial charge in [-0.2, -0.15) is 0 Å². The molecule has 0 unspecified atom stereocenters. The van der Waals surface area contributed by atoms with Crippen molar-refractivity contribution in [2.75, 3.05) is 6.54 Å². The Morgan fingerprint density at radius 2 is 2.31 bits per heavy atom. The largest absolute Gasteiger partial charge is 0.443 e. The highest BCUT2D eigenvalue weighted by Crippen LogP contribution is 2.04. The molecule has 4 heteroatoms. The molecule has 1 rings (SSSR count). The maximum absolute atomic E-state index is 10.6. The van der Waals surface area contributed by atoms with Gasteiger partial charge in [-0.25, -0.2) is 4.79 Å². The summed E-state index contributed by atoms with van der Waals surface area (Å²) in [7, 11) is -1.27. The molecule has 1 aliphatic rings. The Hall–Kier alpha value is -0.953. The molecule has 0 bridgehead atoms. The van der Waals surface area contributed by atoms with Crippen LogP contribution in [0.2, 0.25) is 19.6 Å². The van der Waals surface area contributed by atoms with Crippen molar-refractivity contribution in [2.45, 2.75) is 32.2 Å². The third-order valence-corrected chi connectivity index (χ3v) is 2.47. The number of hydrogen-bond donors (Lipinski definition) is 1. The van der Waals surface area contributed by atoms with Crippen molar-refractivity contribution in [1.82, 2.24) is 5.32 Å². The first-order chi connectivity index (χ1) is 5.97. The Morgan fingerprint density at radius 1 is 1.62 bits per heavy atom. The highest BCUT2D eigenvalue weighted by Gasteiger charge is 2.21. The highest BCUT2D eigenvalue weighted by molar-refractivity contribution is 6.83. The lowest BCUT2D eigenvalue weighted by molar-refractivity contribution is 0.142. The number of ether oxygens (including phenoxy) is 1. The van der Waals surface area contributed by atoms with E-state index in [-0.39, 0.29) is 12.2 Å². The zero-order valence-electron chi connectivity index (χ0n) is 8.31. The van der Waals surface area contributed by atoms with E-state index in [9.17, 15) is 4.79 Å². The summed E-state index contributed by atoms with van der Waals surface area (Å²) in [5.41, 5.74) is 3.23. The van der Waals surface area contributed by atoms with Gasteiger partial charge in [0.2, 0.25) is 0 Å². The molecular formula is C9H15NO2Si. The molecule has 1 heterocycles. The second-order valence-corrected chi connectivity index (χ2v) is 8.91. The van der Waals surface area contributed by atoms with Crippen molar-refractivity contribution >= 4 is 14.2 Å². The van der Waals surface area contributed by atoms with Gasteiger partial charge in [0, 0.05) is 6.42 Å². The van der Waals surface area contributed by atoms with Crippen molar-refractivity contribution in [3.63, 3.8) is 0 Å². The lowest BCUT2D eigenvalue weighted by Gasteiger charge is -2.05. The second-order valence-electron chi connectivity index (χ2n) is 4.16. The fourth-order valence-electron chi connectivity index (χ4n) is 0.976. The van der Waals surface area contributed by atoms with E-state index in [1.165, 1.54) is 0 Å². The van der Waals surface area contributed by atoms with Crippen LogP contribution in [0.3, 0.4) is 0 Å². The summed E-state index contributed by atoms with van der Waals surface area (Å²) in [6, 6.07) is 0. The maximum Gasteiger partial charge on any atom is 0.407 e. The predicted molar refractivity (Wildman–Crippen MR) is 54.0 cm³/mol. The highest BCUT2D eigenvalue weighted by atomic mass is 28.3. The topological polar surface area (TPSA) is 38.3 Å². The Bertz CT molecular complexity index is 259. The van der Waals surface area contributed by atoms with Crippen LogP contribution in [0.5, 0.6) is 0 Å². The molecule has 0 radical (unpaired) electrons. The van der Waals surface area contributed by atoms with Gasteiger partial charge in [0.15, 0.2) is 0 Å². The number of hydrogen-bond acceptors (Lipinski definition) is 2. The van der Waals surface area contributed by atoms with E-state index in [2.05, 4.69) is 36.4 Å². The van der Waals surface area contributed by atoms with Crippen LogP contribution in [0.4, 0.5) is 4.79 Å². The summed E-state index contributed by atoms with van der Waals surface area (Å²) in [5.74, 6) is 3.08. The van der Waals surface area contributed by atoms with E-state index < -0.39 is 8.07 Å². The Balaban J connectivity index is 2.33. The Labute approximate surface area is 79.9 Å². The molecule has 0 aromatic rings. The molecule has 1 atom stereocenters. The normalized spacial score (nSPS) is 21.5. The molecule has 0 saturated carbocycles. The zero-order valence-corrected chi connectivity index (χ0v) is 9.31. The van der Waals surface area contributed by atoms with E-state index in [4.69, 9.17) is 4.74 Å². The van der Waals surface area contributed by atoms with E-state index in [0.717, 1.165) is 0 Å². The zero-order chi connectivity index (χ0) is 9.90. The van der Waals surface area contributed by atoms with Crippen molar-refractivity contribution in [1.29, 1.82) is 0 Å². The van der Waals surface area contributed by atoms with E-state index in [0.29, 0.717) is 13.0 Å². The molecule has 0 aliphatic carbocycles. The smallest absolute Gasteiger partial charge is 0.407 e. The van der Waals surface area contributed by atoms with Gasteiger partial charge in [0.05, 0.1) is 6.54 Å². The van der Waals surface area contributed by atoms with Crippen molar-refractivity contribution in [2.24, 2.45) is 0 Å². The van der Waals surface area contributed by atoms with E-state index in [1.807, 2.05) is 0 Å². The monoisotopic (exact) mass is 197 g/mol. The summed E-state index contributed by atoms with van der Waals surface area (Å²) < 4.78 is 4.94. The van der Waals surface area contributed by atoms with Gasteiger partial charge in [0.1, 0.15) is 14.2 Å². The molecule has 1 amide bonds. The first-order valence-corrected chi connectivity index (χ1v) is 7.92.